The summed E-state index contributed by atoms with van der Waals surface area (Å²) >= 11 is 1.60. The van der Waals surface area contributed by atoms with Gasteiger partial charge in [0.1, 0.15) is 5.01 Å². The van der Waals surface area contributed by atoms with Crippen molar-refractivity contribution in [2.45, 2.75) is 53.6 Å². The zero-order chi connectivity index (χ0) is 16.3. The first kappa shape index (κ1) is 16.5. The third-order valence-corrected chi connectivity index (χ3v) is 4.72. The van der Waals surface area contributed by atoms with Gasteiger partial charge >= 0.3 is 6.03 Å². The fraction of sp³-hybridized carbons (Fsp3) is 0.533. The molecule has 0 spiro atoms. The van der Waals surface area contributed by atoms with Gasteiger partial charge in [0.05, 0.1) is 12.2 Å². The van der Waals surface area contributed by atoms with Crippen LogP contribution < -0.4 is 10.6 Å². The summed E-state index contributed by atoms with van der Waals surface area (Å²) in [5.74, 6) is 0.571. The van der Waals surface area contributed by atoms with Gasteiger partial charge in [-0.1, -0.05) is 6.92 Å². The first-order valence-corrected chi connectivity index (χ1v) is 8.26. The maximum Gasteiger partial charge on any atom is 0.320 e. The molecule has 0 aliphatic carbocycles. The van der Waals surface area contributed by atoms with Crippen LogP contribution in [0.3, 0.4) is 0 Å². The van der Waals surface area contributed by atoms with Crippen LogP contribution >= 0.6 is 11.3 Å². The van der Waals surface area contributed by atoms with Gasteiger partial charge in [-0.05, 0) is 34.1 Å². The lowest BCUT2D eigenvalue weighted by atomic mass is 10.2. The lowest BCUT2D eigenvalue weighted by Gasteiger charge is -2.10. The maximum atomic E-state index is 11.9. The molecular formula is C15H23N5OS. The number of aromatic nitrogens is 3. The fourth-order valence-corrected chi connectivity index (χ4v) is 2.97. The summed E-state index contributed by atoms with van der Waals surface area (Å²) in [5, 5.41) is 10.9. The molecule has 22 heavy (non-hydrogen) atoms. The summed E-state index contributed by atoms with van der Waals surface area (Å²) in [5.41, 5.74) is 2.06. The molecule has 0 bridgehead atoms. The number of aryl methyl sites for hydroxylation is 3. The van der Waals surface area contributed by atoms with Crippen LogP contribution in [0.4, 0.5) is 10.6 Å². The van der Waals surface area contributed by atoms with Crippen molar-refractivity contribution in [1.29, 1.82) is 0 Å². The van der Waals surface area contributed by atoms with Crippen molar-refractivity contribution in [1.82, 2.24) is 20.1 Å². The Morgan fingerprint density at radius 1 is 1.41 bits per heavy atom. The van der Waals surface area contributed by atoms with Gasteiger partial charge in [-0.3, -0.25) is 10.00 Å². The number of amides is 2. The Balaban J connectivity index is 1.92. The van der Waals surface area contributed by atoms with Crippen LogP contribution in [0.5, 0.6) is 0 Å². The monoisotopic (exact) mass is 321 g/mol. The van der Waals surface area contributed by atoms with Crippen molar-refractivity contribution < 1.29 is 4.79 Å². The molecule has 0 fully saturated rings. The van der Waals surface area contributed by atoms with E-state index in [9.17, 15) is 4.79 Å². The topological polar surface area (TPSA) is 71.8 Å². The molecule has 2 aromatic rings. The highest BCUT2D eigenvalue weighted by Gasteiger charge is 2.11. The first-order chi connectivity index (χ1) is 10.4. The average molecular weight is 321 g/mol. The number of urea groups is 1. The van der Waals surface area contributed by atoms with Gasteiger partial charge < -0.3 is 5.32 Å². The van der Waals surface area contributed by atoms with Crippen LogP contribution in [0.15, 0.2) is 6.07 Å². The van der Waals surface area contributed by atoms with Crippen molar-refractivity contribution >= 4 is 23.2 Å². The van der Waals surface area contributed by atoms with E-state index in [1.54, 1.807) is 11.3 Å². The summed E-state index contributed by atoms with van der Waals surface area (Å²) < 4.78 is 1.93. The molecule has 0 radical (unpaired) electrons. The number of anilines is 1. The molecule has 2 heterocycles. The highest BCUT2D eigenvalue weighted by molar-refractivity contribution is 7.11. The Morgan fingerprint density at radius 2 is 2.14 bits per heavy atom. The second kappa shape index (κ2) is 6.91. The summed E-state index contributed by atoms with van der Waals surface area (Å²) in [7, 11) is 0. The number of carbonyl (C=O) groups excluding carboxylic acids is 1. The zero-order valence-corrected chi connectivity index (χ0v) is 14.5. The van der Waals surface area contributed by atoms with E-state index in [-0.39, 0.29) is 6.03 Å². The molecule has 1 atom stereocenters. The summed E-state index contributed by atoms with van der Waals surface area (Å²) in [6.07, 6.45) is 0.997. The highest BCUT2D eigenvalue weighted by atomic mass is 32.1. The molecule has 2 N–H and O–H groups in total. The number of nitrogens with zero attached hydrogens (tertiary/aromatic N) is 3. The quantitative estimate of drug-likeness (QED) is 0.884. The van der Waals surface area contributed by atoms with E-state index in [0.29, 0.717) is 18.4 Å². The second-order valence-electron chi connectivity index (χ2n) is 5.43. The number of rotatable bonds is 5. The van der Waals surface area contributed by atoms with E-state index in [1.165, 1.54) is 4.88 Å². The van der Waals surface area contributed by atoms with Crippen LogP contribution in [0.2, 0.25) is 0 Å². The number of hydrogen-bond acceptors (Lipinski definition) is 4. The van der Waals surface area contributed by atoms with E-state index in [4.69, 9.17) is 0 Å². The molecule has 0 aromatic carbocycles. The molecule has 6 nitrogen and oxygen atoms in total. The average Bonchev–Trinajstić information content (AvgIpc) is 2.99. The second-order valence-corrected chi connectivity index (χ2v) is 6.72. The van der Waals surface area contributed by atoms with E-state index in [1.807, 2.05) is 31.5 Å². The van der Waals surface area contributed by atoms with Crippen LogP contribution in [0.25, 0.3) is 0 Å². The van der Waals surface area contributed by atoms with Crippen molar-refractivity contribution in [3.8, 4) is 0 Å². The fourth-order valence-electron chi connectivity index (χ4n) is 2.10. The molecule has 2 amide bonds. The number of thiazole rings is 1. The molecule has 0 saturated carbocycles. The zero-order valence-electron chi connectivity index (χ0n) is 13.7. The lowest BCUT2D eigenvalue weighted by molar-refractivity contribution is 0.251. The lowest BCUT2D eigenvalue weighted by Crippen LogP contribution is -2.28. The number of carbonyl (C=O) groups is 1. The predicted octanol–water partition coefficient (Wildman–Crippen LogP) is 3.56. The molecule has 0 aliphatic rings. The normalized spacial score (nSPS) is 12.2. The van der Waals surface area contributed by atoms with Gasteiger partial charge in [-0.2, -0.15) is 5.10 Å². The van der Waals surface area contributed by atoms with Gasteiger partial charge in [-0.15, -0.1) is 11.3 Å². The van der Waals surface area contributed by atoms with E-state index in [0.717, 1.165) is 22.8 Å². The van der Waals surface area contributed by atoms with Crippen LogP contribution in [-0.2, 0) is 6.54 Å². The Kier molecular flexibility index (Phi) is 5.18. The Hall–Kier alpha value is -1.89. The van der Waals surface area contributed by atoms with Crippen molar-refractivity contribution in [2.75, 3.05) is 5.32 Å². The molecule has 2 rings (SSSR count). The molecule has 7 heteroatoms. The van der Waals surface area contributed by atoms with Gasteiger partial charge in [0.25, 0.3) is 0 Å². The van der Waals surface area contributed by atoms with Crippen LogP contribution in [-0.4, -0.2) is 20.8 Å². The van der Waals surface area contributed by atoms with Gasteiger partial charge in [0.15, 0.2) is 5.82 Å². The predicted molar refractivity (Wildman–Crippen MR) is 89.4 cm³/mol. The van der Waals surface area contributed by atoms with Crippen molar-refractivity contribution in [3.05, 3.63) is 27.3 Å². The van der Waals surface area contributed by atoms with E-state index in [2.05, 4.69) is 34.6 Å². The Labute approximate surface area is 135 Å². The van der Waals surface area contributed by atoms with E-state index >= 15 is 0 Å². The maximum absolute atomic E-state index is 11.9. The minimum Gasteiger partial charge on any atom is -0.331 e. The van der Waals surface area contributed by atoms with Crippen molar-refractivity contribution in [2.24, 2.45) is 0 Å². The third-order valence-electron chi connectivity index (χ3n) is 3.65. The van der Waals surface area contributed by atoms with Crippen LogP contribution in [0.1, 0.15) is 47.6 Å². The van der Waals surface area contributed by atoms with Gasteiger partial charge in [0.2, 0.25) is 0 Å². The Bertz CT molecular complexity index is 641. The molecule has 0 saturated heterocycles. The van der Waals surface area contributed by atoms with Gasteiger partial charge in [0, 0.05) is 22.7 Å². The van der Waals surface area contributed by atoms with E-state index < -0.39 is 0 Å². The molecule has 0 aliphatic heterocycles. The third kappa shape index (κ3) is 3.85. The molecule has 2 aromatic heterocycles. The van der Waals surface area contributed by atoms with Crippen molar-refractivity contribution in [3.63, 3.8) is 0 Å². The van der Waals surface area contributed by atoms with Crippen LogP contribution in [0, 0.1) is 20.8 Å². The molecule has 1 unspecified atom stereocenters. The SMILES string of the molecule is CCC(C)n1nc(NC(=O)NCc2nc(C)c(C)s2)cc1C. The minimum absolute atomic E-state index is 0.265. The summed E-state index contributed by atoms with van der Waals surface area (Å²) in [6, 6.07) is 1.93. The summed E-state index contributed by atoms with van der Waals surface area (Å²) in [6.45, 7) is 10.6. The van der Waals surface area contributed by atoms with Gasteiger partial charge in [-0.25, -0.2) is 9.78 Å². The highest BCUT2D eigenvalue weighted by Crippen LogP contribution is 2.17. The largest absolute Gasteiger partial charge is 0.331 e. The smallest absolute Gasteiger partial charge is 0.320 e. The first-order valence-electron chi connectivity index (χ1n) is 7.44. The minimum atomic E-state index is -0.265. The number of hydrogen-bond donors (Lipinski definition) is 2. The summed E-state index contributed by atoms with van der Waals surface area (Å²) in [4.78, 5) is 17.5. The molecule has 120 valence electrons. The Morgan fingerprint density at radius 3 is 2.73 bits per heavy atom. The molecular weight excluding hydrogens is 298 g/mol. The number of nitrogens with one attached hydrogen (secondary N) is 2. The standard InChI is InChI=1S/C15H23N5OS/c1-6-9(2)20-10(3)7-13(19-20)18-15(21)16-8-14-17-11(4)12(5)22-14/h7,9H,6,8H2,1-5H3,(H2,16,18,19,21).